The Balaban J connectivity index is 1.47. The third-order valence-corrected chi connectivity index (χ3v) is 7.23. The number of hydrogen-bond donors (Lipinski definition) is 1. The number of thioether (sulfide) groups is 1. The second-order valence-electron chi connectivity index (χ2n) is 8.03. The maximum atomic E-state index is 12.8. The van der Waals surface area contributed by atoms with Gasteiger partial charge in [0.25, 0.3) is 0 Å². The van der Waals surface area contributed by atoms with Crippen molar-refractivity contribution in [2.24, 2.45) is 5.92 Å². The first kappa shape index (κ1) is 22.1. The zero-order valence-corrected chi connectivity index (χ0v) is 18.7. The number of aliphatic carboxylic acids is 1. The zero-order valence-electron chi connectivity index (χ0n) is 17.9. The molecule has 2 heterocycles. The average Bonchev–Trinajstić information content (AvgIpc) is 2.81. The number of carbonyl (C=O) groups excluding carboxylic acids is 2. The number of allylic oxidation sites excluding steroid dienone is 1. The summed E-state index contributed by atoms with van der Waals surface area (Å²) in [5.41, 5.74) is 3.78. The summed E-state index contributed by atoms with van der Waals surface area (Å²) in [6.07, 6.45) is 5.05. The van der Waals surface area contributed by atoms with E-state index in [2.05, 4.69) is 6.92 Å². The number of fused-ring (bicyclic) bond motifs is 1. The van der Waals surface area contributed by atoms with Crippen LogP contribution >= 0.6 is 11.8 Å². The Labute approximate surface area is 191 Å². The third-order valence-electron chi connectivity index (χ3n) is 5.87. The second kappa shape index (κ2) is 9.57. The van der Waals surface area contributed by atoms with Gasteiger partial charge in [-0.15, -0.1) is 11.8 Å². The second-order valence-corrected chi connectivity index (χ2v) is 9.13. The van der Waals surface area contributed by atoms with Crippen molar-refractivity contribution in [1.29, 1.82) is 0 Å². The number of nitrogens with zero attached hydrogens (tertiary/aromatic N) is 1. The number of carboxylic acids is 1. The molecule has 0 spiro atoms. The van der Waals surface area contributed by atoms with Crippen molar-refractivity contribution >= 4 is 35.5 Å². The quantitative estimate of drug-likeness (QED) is 0.610. The first-order chi connectivity index (χ1) is 15.5. The highest BCUT2D eigenvalue weighted by Crippen LogP contribution is 2.45. The van der Waals surface area contributed by atoms with Gasteiger partial charge in [-0.25, -0.2) is 4.79 Å². The van der Waals surface area contributed by atoms with Gasteiger partial charge in [-0.3, -0.25) is 14.5 Å². The van der Waals surface area contributed by atoms with Crippen LogP contribution in [0.25, 0.3) is 6.08 Å². The minimum atomic E-state index is -1.11. The summed E-state index contributed by atoms with van der Waals surface area (Å²) in [7, 11) is 0. The molecule has 2 aliphatic rings. The molecule has 1 N–H and O–H groups in total. The Hall–Kier alpha value is -3.12. The van der Waals surface area contributed by atoms with Gasteiger partial charge < -0.3 is 5.11 Å². The number of Topliss-reactive ketones (excluding diaryl/α,β-unsaturated/α-hetero) is 1. The van der Waals surface area contributed by atoms with E-state index in [9.17, 15) is 19.5 Å². The molecule has 6 heteroatoms. The van der Waals surface area contributed by atoms with Gasteiger partial charge in [-0.1, -0.05) is 73.7 Å². The van der Waals surface area contributed by atoms with Crippen molar-refractivity contribution in [1.82, 2.24) is 4.90 Å². The van der Waals surface area contributed by atoms with Gasteiger partial charge in [0.2, 0.25) is 5.91 Å². The van der Waals surface area contributed by atoms with Crippen molar-refractivity contribution < 1.29 is 19.5 Å². The van der Waals surface area contributed by atoms with Crippen LogP contribution in [0.5, 0.6) is 0 Å². The van der Waals surface area contributed by atoms with Crippen LogP contribution in [0.2, 0.25) is 0 Å². The fourth-order valence-electron chi connectivity index (χ4n) is 4.11. The molecule has 0 bridgehead atoms. The molecule has 1 unspecified atom stereocenters. The number of hydrogen-bond acceptors (Lipinski definition) is 4. The van der Waals surface area contributed by atoms with Gasteiger partial charge in [0.15, 0.2) is 0 Å². The number of carbonyl (C=O) groups is 3. The van der Waals surface area contributed by atoms with Crippen molar-refractivity contribution in [3.8, 4) is 0 Å². The molecule has 1 amide bonds. The summed E-state index contributed by atoms with van der Waals surface area (Å²) >= 11 is 1.52. The standard InChI is InChI=1S/C26H25NO4S/c1-2-17-8-10-18(11-9-17)12-13-20-16-32-25-22(24(29)27(25)23(20)26(30)31)15-21(28)14-19-6-4-3-5-7-19/h3-13,22,25H,2,14-16H2,1H3,(H,30,31)/b13-12+/t22-,25?/m1/s1. The highest BCUT2D eigenvalue weighted by molar-refractivity contribution is 8.00. The monoisotopic (exact) mass is 447 g/mol. The van der Waals surface area contributed by atoms with Crippen molar-refractivity contribution in [3.05, 3.63) is 88.6 Å². The summed E-state index contributed by atoms with van der Waals surface area (Å²) in [5, 5.41) is 9.52. The first-order valence-corrected chi connectivity index (χ1v) is 11.8. The molecular weight excluding hydrogens is 422 g/mol. The van der Waals surface area contributed by atoms with Crippen molar-refractivity contribution in [3.63, 3.8) is 0 Å². The Morgan fingerprint density at radius 1 is 1.06 bits per heavy atom. The van der Waals surface area contributed by atoms with Crippen LogP contribution in [0.1, 0.15) is 30.0 Å². The number of rotatable bonds is 8. The molecule has 32 heavy (non-hydrogen) atoms. The van der Waals surface area contributed by atoms with E-state index >= 15 is 0 Å². The van der Waals surface area contributed by atoms with Gasteiger partial charge in [0.05, 0.1) is 11.3 Å². The Morgan fingerprint density at radius 3 is 2.44 bits per heavy atom. The maximum absolute atomic E-state index is 12.8. The summed E-state index contributed by atoms with van der Waals surface area (Å²) in [6, 6.07) is 17.5. The lowest BCUT2D eigenvalue weighted by Crippen LogP contribution is -2.61. The number of amides is 1. The van der Waals surface area contributed by atoms with Crippen LogP contribution in [0.15, 0.2) is 71.9 Å². The van der Waals surface area contributed by atoms with E-state index in [1.54, 1.807) is 6.08 Å². The van der Waals surface area contributed by atoms with Crippen LogP contribution in [-0.2, 0) is 27.2 Å². The van der Waals surface area contributed by atoms with Crippen molar-refractivity contribution in [2.45, 2.75) is 31.6 Å². The molecule has 4 rings (SSSR count). The van der Waals surface area contributed by atoms with Crippen LogP contribution in [-0.4, -0.2) is 38.8 Å². The molecule has 2 aromatic carbocycles. The highest BCUT2D eigenvalue weighted by atomic mass is 32.2. The third kappa shape index (κ3) is 4.55. The average molecular weight is 448 g/mol. The smallest absolute Gasteiger partial charge is 0.352 e. The van der Waals surface area contributed by atoms with Crippen LogP contribution in [0.3, 0.4) is 0 Å². The lowest BCUT2D eigenvalue weighted by molar-refractivity contribution is -0.153. The molecule has 2 atom stereocenters. The molecule has 164 valence electrons. The zero-order chi connectivity index (χ0) is 22.7. The molecule has 1 saturated heterocycles. The molecule has 1 fully saturated rings. The highest BCUT2D eigenvalue weighted by Gasteiger charge is 2.53. The number of benzene rings is 2. The predicted octanol–water partition coefficient (Wildman–Crippen LogP) is 4.33. The van der Waals surface area contributed by atoms with E-state index in [0.29, 0.717) is 11.3 Å². The van der Waals surface area contributed by atoms with E-state index in [4.69, 9.17) is 0 Å². The summed E-state index contributed by atoms with van der Waals surface area (Å²) in [5.74, 6) is -1.37. The largest absolute Gasteiger partial charge is 0.477 e. The normalized spacial score (nSPS) is 20.3. The van der Waals surface area contributed by atoms with Crippen molar-refractivity contribution in [2.75, 3.05) is 5.75 Å². The molecule has 2 aliphatic heterocycles. The topological polar surface area (TPSA) is 74.7 Å². The summed E-state index contributed by atoms with van der Waals surface area (Å²) in [6.45, 7) is 2.09. The number of ketones is 1. The van der Waals surface area contributed by atoms with Gasteiger partial charge in [-0.05, 0) is 28.7 Å². The number of carboxylic acid groups (broad SMARTS) is 1. The minimum Gasteiger partial charge on any atom is -0.477 e. The Bertz CT molecular complexity index is 1090. The minimum absolute atomic E-state index is 0.00289. The molecule has 0 radical (unpaired) electrons. The fourth-order valence-corrected chi connectivity index (χ4v) is 5.49. The summed E-state index contributed by atoms with van der Waals surface area (Å²) in [4.78, 5) is 38.7. The van der Waals surface area contributed by atoms with Crippen LogP contribution in [0.4, 0.5) is 0 Å². The van der Waals surface area contributed by atoms with Gasteiger partial charge >= 0.3 is 5.97 Å². The Morgan fingerprint density at radius 2 is 1.78 bits per heavy atom. The molecular formula is C26H25NO4S. The first-order valence-electron chi connectivity index (χ1n) is 10.7. The van der Waals surface area contributed by atoms with E-state index in [0.717, 1.165) is 17.5 Å². The molecule has 0 saturated carbocycles. The Kier molecular flexibility index (Phi) is 6.61. The number of β-lactam (4-membered cyclic amide) rings is 1. The van der Waals surface area contributed by atoms with E-state index in [1.807, 2.05) is 60.7 Å². The lowest BCUT2D eigenvalue weighted by atomic mass is 9.89. The predicted molar refractivity (Wildman–Crippen MR) is 126 cm³/mol. The van der Waals surface area contributed by atoms with E-state index < -0.39 is 11.9 Å². The van der Waals surface area contributed by atoms with Gasteiger partial charge in [0, 0.05) is 18.6 Å². The lowest BCUT2D eigenvalue weighted by Gasteiger charge is -2.49. The van der Waals surface area contributed by atoms with Gasteiger partial charge in [0.1, 0.15) is 11.5 Å². The van der Waals surface area contributed by atoms with Gasteiger partial charge in [-0.2, -0.15) is 0 Å². The molecule has 5 nitrogen and oxygen atoms in total. The maximum Gasteiger partial charge on any atom is 0.352 e. The van der Waals surface area contributed by atoms with Crippen LogP contribution < -0.4 is 0 Å². The van der Waals surface area contributed by atoms with E-state index in [1.165, 1.54) is 22.2 Å². The molecule has 2 aromatic rings. The van der Waals surface area contributed by atoms with E-state index in [-0.39, 0.29) is 35.6 Å². The number of aryl methyl sites for hydroxylation is 1. The van der Waals surface area contributed by atoms with Crippen LogP contribution in [0, 0.1) is 5.92 Å². The SMILES string of the molecule is CCc1ccc(/C=C/C2=C(C(=O)O)N3C(=O)[C@@H](CC(=O)Cc4ccccc4)C3SC2)cc1. The fraction of sp³-hybridized carbons (Fsp3) is 0.269. The molecule has 0 aromatic heterocycles. The molecule has 0 aliphatic carbocycles. The summed E-state index contributed by atoms with van der Waals surface area (Å²) < 4.78 is 0.